The number of ether oxygens (including phenoxy) is 1. The number of hydrogen-bond acceptors (Lipinski definition) is 8. The molecule has 192 valence electrons. The number of anilines is 1. The molecule has 10 nitrogen and oxygen atoms in total. The first kappa shape index (κ1) is 25.2. The number of amides is 2. The maximum atomic E-state index is 13.1. The lowest BCUT2D eigenvalue weighted by Crippen LogP contribution is -2.48. The Kier molecular flexibility index (Phi) is 6.93. The maximum absolute atomic E-state index is 13.1. The molecule has 2 amide bonds. The highest BCUT2D eigenvalue weighted by Gasteiger charge is 2.49. The van der Waals surface area contributed by atoms with Crippen molar-refractivity contribution in [2.75, 3.05) is 11.4 Å². The van der Waals surface area contributed by atoms with Crippen LogP contribution in [0, 0.1) is 10.1 Å². The maximum Gasteiger partial charge on any atom is 0.356 e. The lowest BCUT2D eigenvalue weighted by Gasteiger charge is -2.34. The van der Waals surface area contributed by atoms with E-state index in [-0.39, 0.29) is 35.2 Å². The first-order chi connectivity index (χ1) is 18.4. The Morgan fingerprint density at radius 1 is 1.13 bits per heavy atom. The Morgan fingerprint density at radius 2 is 1.87 bits per heavy atom. The molecule has 0 aliphatic carbocycles. The SMILES string of the molecule is CCN(C(=O)c1ccc(C2=C(C(=O)OCc3ccc([N+](=O)[O-])cc3)N3C(=O)C[C@H]3S2)cc1)c1ccccn1. The van der Waals surface area contributed by atoms with Crippen LogP contribution in [0.15, 0.2) is 78.6 Å². The number of nitrogens with zero attached hydrogens (tertiary/aromatic N) is 4. The molecular formula is C27H22N4O6S. The third-order valence-electron chi connectivity index (χ3n) is 6.21. The molecule has 2 aliphatic heterocycles. The van der Waals surface area contributed by atoms with E-state index in [1.807, 2.05) is 13.0 Å². The predicted octanol–water partition coefficient (Wildman–Crippen LogP) is 4.37. The number of nitro groups is 1. The van der Waals surface area contributed by atoms with Crippen molar-refractivity contribution in [3.8, 4) is 0 Å². The minimum absolute atomic E-state index is 0.0599. The van der Waals surface area contributed by atoms with Gasteiger partial charge in [0, 0.05) is 35.3 Å². The van der Waals surface area contributed by atoms with Gasteiger partial charge in [0.05, 0.1) is 16.7 Å². The first-order valence-corrected chi connectivity index (χ1v) is 12.7. The zero-order valence-electron chi connectivity index (χ0n) is 20.3. The number of aromatic nitrogens is 1. The van der Waals surface area contributed by atoms with Crippen molar-refractivity contribution in [3.05, 3.63) is 105 Å². The largest absolute Gasteiger partial charge is 0.456 e. The number of fused-ring (bicyclic) bond motifs is 1. The van der Waals surface area contributed by atoms with Gasteiger partial charge in [-0.05, 0) is 54.4 Å². The fraction of sp³-hybridized carbons (Fsp3) is 0.185. The third-order valence-corrected chi connectivity index (χ3v) is 7.52. The van der Waals surface area contributed by atoms with E-state index in [9.17, 15) is 24.5 Å². The first-order valence-electron chi connectivity index (χ1n) is 11.8. The number of benzene rings is 2. The van der Waals surface area contributed by atoms with Gasteiger partial charge in [0.2, 0.25) is 5.91 Å². The van der Waals surface area contributed by atoms with Crippen LogP contribution in [-0.2, 0) is 20.9 Å². The van der Waals surface area contributed by atoms with Crippen LogP contribution in [0.4, 0.5) is 11.5 Å². The second-order valence-corrected chi connectivity index (χ2v) is 9.72. The molecule has 38 heavy (non-hydrogen) atoms. The Bertz CT molecular complexity index is 1440. The number of carbonyl (C=O) groups excluding carboxylic acids is 3. The molecule has 0 radical (unpaired) electrons. The predicted molar refractivity (Wildman–Crippen MR) is 141 cm³/mol. The molecule has 1 saturated heterocycles. The van der Waals surface area contributed by atoms with E-state index in [0.717, 1.165) is 0 Å². The Labute approximate surface area is 222 Å². The molecule has 0 spiro atoms. The normalized spacial score (nSPS) is 16.1. The van der Waals surface area contributed by atoms with Gasteiger partial charge in [-0.15, -0.1) is 0 Å². The minimum Gasteiger partial charge on any atom is -0.456 e. The topological polar surface area (TPSA) is 123 Å². The van der Waals surface area contributed by atoms with Crippen LogP contribution in [0.2, 0.25) is 0 Å². The van der Waals surface area contributed by atoms with Crippen LogP contribution in [0.1, 0.15) is 34.8 Å². The summed E-state index contributed by atoms with van der Waals surface area (Å²) in [5.74, 6) is -0.471. The fourth-order valence-corrected chi connectivity index (χ4v) is 5.61. The Hall–Kier alpha value is -4.51. The van der Waals surface area contributed by atoms with Crippen LogP contribution >= 0.6 is 11.8 Å². The molecule has 3 aromatic rings. The molecule has 1 aromatic heterocycles. The van der Waals surface area contributed by atoms with Crippen LogP contribution in [-0.4, -0.2) is 44.5 Å². The molecule has 1 fully saturated rings. The molecule has 2 aliphatic rings. The van der Waals surface area contributed by atoms with E-state index >= 15 is 0 Å². The van der Waals surface area contributed by atoms with Gasteiger partial charge < -0.3 is 4.74 Å². The lowest BCUT2D eigenvalue weighted by molar-refractivity contribution is -0.384. The van der Waals surface area contributed by atoms with E-state index in [4.69, 9.17) is 4.74 Å². The van der Waals surface area contributed by atoms with Gasteiger partial charge in [-0.3, -0.25) is 29.5 Å². The van der Waals surface area contributed by atoms with Gasteiger partial charge in [0.15, 0.2) is 0 Å². The molecule has 1 atom stereocenters. The monoisotopic (exact) mass is 530 g/mol. The fourth-order valence-electron chi connectivity index (χ4n) is 4.22. The summed E-state index contributed by atoms with van der Waals surface area (Å²) in [5.41, 5.74) is 1.85. The summed E-state index contributed by atoms with van der Waals surface area (Å²) in [6.07, 6.45) is 1.95. The number of non-ortho nitro benzene ring substituents is 1. The highest BCUT2D eigenvalue weighted by Crippen LogP contribution is 2.50. The van der Waals surface area contributed by atoms with E-state index in [1.54, 1.807) is 47.5 Å². The van der Waals surface area contributed by atoms with Gasteiger partial charge in [-0.25, -0.2) is 9.78 Å². The zero-order chi connectivity index (χ0) is 26.8. The summed E-state index contributed by atoms with van der Waals surface area (Å²) in [6.45, 7) is 2.22. The average molecular weight is 531 g/mol. The number of hydrogen-bond donors (Lipinski definition) is 0. The third kappa shape index (κ3) is 4.75. The number of nitro benzene ring substituents is 1. The molecule has 0 bridgehead atoms. The van der Waals surface area contributed by atoms with Crippen LogP contribution in [0.25, 0.3) is 4.91 Å². The molecule has 0 N–H and O–H groups in total. The summed E-state index contributed by atoms with van der Waals surface area (Å²) in [6, 6.07) is 18.0. The molecule has 11 heteroatoms. The molecule has 2 aromatic carbocycles. The quantitative estimate of drug-likeness (QED) is 0.182. The van der Waals surface area contributed by atoms with Crippen LogP contribution in [0.5, 0.6) is 0 Å². The average Bonchev–Trinajstić information content (AvgIpc) is 3.25. The van der Waals surface area contributed by atoms with E-state index < -0.39 is 10.9 Å². The second-order valence-electron chi connectivity index (χ2n) is 8.53. The van der Waals surface area contributed by atoms with Crippen molar-refractivity contribution < 1.29 is 24.0 Å². The summed E-state index contributed by atoms with van der Waals surface area (Å²) in [5, 5.41) is 10.7. The van der Waals surface area contributed by atoms with Gasteiger partial charge in [-0.1, -0.05) is 30.0 Å². The molecule has 3 heterocycles. The Morgan fingerprint density at radius 3 is 2.47 bits per heavy atom. The van der Waals surface area contributed by atoms with Crippen molar-refractivity contribution in [2.45, 2.75) is 25.3 Å². The second kappa shape index (κ2) is 10.5. The zero-order valence-corrected chi connectivity index (χ0v) is 21.1. The number of β-lactam (4-membered cyclic amide) rings is 1. The van der Waals surface area contributed by atoms with Crippen molar-refractivity contribution in [1.29, 1.82) is 0 Å². The highest BCUT2D eigenvalue weighted by atomic mass is 32.2. The van der Waals surface area contributed by atoms with Gasteiger partial charge in [0.1, 0.15) is 18.1 Å². The van der Waals surface area contributed by atoms with Crippen molar-refractivity contribution in [1.82, 2.24) is 9.88 Å². The van der Waals surface area contributed by atoms with Gasteiger partial charge in [-0.2, -0.15) is 0 Å². The van der Waals surface area contributed by atoms with Crippen LogP contribution < -0.4 is 4.90 Å². The summed E-state index contributed by atoms with van der Waals surface area (Å²) in [4.78, 5) is 56.8. The van der Waals surface area contributed by atoms with E-state index in [2.05, 4.69) is 4.98 Å². The molecular weight excluding hydrogens is 508 g/mol. The van der Waals surface area contributed by atoms with Crippen molar-refractivity contribution >= 4 is 46.0 Å². The van der Waals surface area contributed by atoms with Crippen LogP contribution in [0.3, 0.4) is 0 Å². The summed E-state index contributed by atoms with van der Waals surface area (Å²) >= 11 is 1.41. The summed E-state index contributed by atoms with van der Waals surface area (Å²) in [7, 11) is 0. The smallest absolute Gasteiger partial charge is 0.356 e. The number of rotatable bonds is 8. The van der Waals surface area contributed by atoms with E-state index in [1.165, 1.54) is 40.9 Å². The van der Waals surface area contributed by atoms with Crippen molar-refractivity contribution in [3.63, 3.8) is 0 Å². The lowest BCUT2D eigenvalue weighted by atomic mass is 10.1. The molecule has 0 saturated carbocycles. The standard InChI is InChI=1S/C27H22N4O6S/c1-2-29(21-5-3-4-14-28-21)26(33)19-10-8-18(9-11-19)25-24(30-22(32)15-23(30)38-25)27(34)37-16-17-6-12-20(13-7-17)31(35)36/h3-14,23H,2,15-16H2,1H3/t23-/m1/s1. The Balaban J connectivity index is 1.36. The highest BCUT2D eigenvalue weighted by molar-refractivity contribution is 8.09. The number of esters is 1. The van der Waals surface area contributed by atoms with Crippen molar-refractivity contribution in [2.24, 2.45) is 0 Å². The number of thioether (sulfide) groups is 1. The molecule has 0 unspecified atom stereocenters. The number of pyridine rings is 1. The minimum atomic E-state index is -0.658. The van der Waals surface area contributed by atoms with Gasteiger partial charge in [0.25, 0.3) is 11.6 Å². The number of carbonyl (C=O) groups is 3. The summed E-state index contributed by atoms with van der Waals surface area (Å²) < 4.78 is 5.48. The van der Waals surface area contributed by atoms with Gasteiger partial charge >= 0.3 is 5.97 Å². The van der Waals surface area contributed by atoms with E-state index in [0.29, 0.717) is 40.4 Å². The molecule has 5 rings (SSSR count).